The number of rotatable bonds is 3. The molecule has 1 aromatic heterocycles. The lowest BCUT2D eigenvalue weighted by molar-refractivity contribution is -0.659. The van der Waals surface area contributed by atoms with Crippen LogP contribution in [-0.2, 0) is 19.9 Å². The molecule has 0 radical (unpaired) electrons. The average Bonchev–Trinajstić information content (AvgIpc) is 2.82. The minimum Gasteiger partial charge on any atom is -0.455 e. The molecular formula is C35H38NO+. The van der Waals surface area contributed by atoms with Gasteiger partial charge in [-0.05, 0) is 82.3 Å². The first kappa shape index (κ1) is 24.0. The van der Waals surface area contributed by atoms with Gasteiger partial charge in [-0.2, -0.15) is 0 Å². The summed E-state index contributed by atoms with van der Waals surface area (Å²) in [5, 5.41) is 7.74. The Morgan fingerprint density at radius 3 is 2.41 bits per heavy atom. The maximum absolute atomic E-state index is 7.00. The molecule has 0 atom stereocenters. The van der Waals surface area contributed by atoms with Crippen LogP contribution in [0, 0.1) is 25.2 Å². The molecule has 0 unspecified atom stereocenters. The van der Waals surface area contributed by atoms with E-state index in [1.807, 2.05) is 0 Å². The molecule has 5 aromatic rings. The van der Waals surface area contributed by atoms with Crippen molar-refractivity contribution in [3.05, 3.63) is 77.0 Å². The lowest BCUT2D eigenvalue weighted by atomic mass is 9.81. The Bertz CT molecular complexity index is 1730. The maximum Gasteiger partial charge on any atom is 0.228 e. The fourth-order valence-electron chi connectivity index (χ4n) is 6.43. The van der Waals surface area contributed by atoms with Gasteiger partial charge in [0.05, 0.1) is 10.9 Å². The highest BCUT2D eigenvalue weighted by Gasteiger charge is 2.34. The first-order valence-electron chi connectivity index (χ1n) is 13.6. The molecule has 2 heterocycles. The molecule has 4 aromatic carbocycles. The van der Waals surface area contributed by atoms with E-state index in [-0.39, 0.29) is 5.41 Å². The Morgan fingerprint density at radius 2 is 1.68 bits per heavy atom. The molecule has 1 aliphatic heterocycles. The summed E-state index contributed by atoms with van der Waals surface area (Å²) in [7, 11) is 2.18. The topological polar surface area (TPSA) is 13.1 Å². The third kappa shape index (κ3) is 3.81. The molecule has 0 amide bonds. The van der Waals surface area contributed by atoms with E-state index >= 15 is 0 Å². The summed E-state index contributed by atoms with van der Waals surface area (Å²) in [6, 6.07) is 18.2. The molecule has 2 nitrogen and oxygen atoms in total. The molecule has 0 fully saturated rings. The highest BCUT2D eigenvalue weighted by Crippen LogP contribution is 2.53. The Kier molecular flexibility index (Phi) is 5.39. The third-order valence-corrected chi connectivity index (χ3v) is 7.92. The van der Waals surface area contributed by atoms with Crippen LogP contribution in [-0.4, -0.2) is 0 Å². The number of hydrogen-bond donors (Lipinski definition) is 0. The highest BCUT2D eigenvalue weighted by molar-refractivity contribution is 6.17. The summed E-state index contributed by atoms with van der Waals surface area (Å²) in [4.78, 5) is 0. The highest BCUT2D eigenvalue weighted by atomic mass is 16.5. The molecule has 0 saturated carbocycles. The molecule has 0 bridgehead atoms. The standard InChI is InChI=1S/C35H38NO/c1-20(2)16-23-12-13-25-27(17-23)22(4)31-33-32-26(14-15-36(33)8)30-21(3)10-9-11-24(30)18-29(32)37-34(31)28(25)19-35(5,6)7/h9-15,17-18,20H,16,19H2,1-8H3/q+1. The van der Waals surface area contributed by atoms with Crippen molar-refractivity contribution in [2.45, 2.75) is 61.3 Å². The van der Waals surface area contributed by atoms with Gasteiger partial charge in [0, 0.05) is 17.0 Å². The van der Waals surface area contributed by atoms with Gasteiger partial charge in [0.1, 0.15) is 18.5 Å². The molecule has 0 spiro atoms. The van der Waals surface area contributed by atoms with E-state index in [1.54, 1.807) is 0 Å². The zero-order chi connectivity index (χ0) is 26.2. The lowest BCUT2D eigenvalue weighted by Gasteiger charge is -2.28. The molecule has 0 aliphatic carbocycles. The number of fused-ring (bicyclic) bond motifs is 5. The van der Waals surface area contributed by atoms with Gasteiger partial charge in [0.15, 0.2) is 6.20 Å². The van der Waals surface area contributed by atoms with Crippen LogP contribution in [0.3, 0.4) is 0 Å². The van der Waals surface area contributed by atoms with Crippen molar-refractivity contribution in [1.82, 2.24) is 0 Å². The van der Waals surface area contributed by atoms with Gasteiger partial charge in [0.2, 0.25) is 5.69 Å². The predicted molar refractivity (Wildman–Crippen MR) is 157 cm³/mol. The minimum atomic E-state index is 0.130. The van der Waals surface area contributed by atoms with Crippen molar-refractivity contribution < 1.29 is 9.30 Å². The van der Waals surface area contributed by atoms with Gasteiger partial charge in [0.25, 0.3) is 0 Å². The molecule has 2 heteroatoms. The monoisotopic (exact) mass is 488 g/mol. The van der Waals surface area contributed by atoms with Crippen LogP contribution < -0.4 is 9.30 Å². The van der Waals surface area contributed by atoms with Crippen LogP contribution >= 0.6 is 0 Å². The Morgan fingerprint density at radius 1 is 0.892 bits per heavy atom. The SMILES string of the molecule is Cc1c2c(c(CC(C)(C)C)c3ccc(CC(C)C)cc13)Oc1cc3cccc(C)c3c3cc[n+](C)c-2c13. The number of nitrogens with zero attached hydrogens (tertiary/aromatic N) is 1. The maximum atomic E-state index is 7.00. The van der Waals surface area contributed by atoms with Crippen LogP contribution in [0.5, 0.6) is 11.5 Å². The number of aromatic nitrogens is 1. The fraction of sp³-hybridized carbons (Fsp3) is 0.343. The Balaban J connectivity index is 1.78. The van der Waals surface area contributed by atoms with Crippen molar-refractivity contribution in [2.24, 2.45) is 18.4 Å². The first-order chi connectivity index (χ1) is 17.5. The fourth-order valence-corrected chi connectivity index (χ4v) is 6.43. The van der Waals surface area contributed by atoms with Crippen molar-refractivity contribution in [1.29, 1.82) is 0 Å². The number of aryl methyl sites for hydroxylation is 3. The van der Waals surface area contributed by atoms with Gasteiger partial charge >= 0.3 is 0 Å². The van der Waals surface area contributed by atoms with Crippen LogP contribution in [0.2, 0.25) is 0 Å². The second-order valence-electron chi connectivity index (χ2n) is 12.7. The molecule has 6 rings (SSSR count). The molecule has 1 aliphatic rings. The minimum absolute atomic E-state index is 0.130. The van der Waals surface area contributed by atoms with Crippen LogP contribution in [0.15, 0.2) is 54.7 Å². The Labute approximate surface area is 220 Å². The molecule has 37 heavy (non-hydrogen) atoms. The quantitative estimate of drug-likeness (QED) is 0.179. The van der Waals surface area contributed by atoms with E-state index in [9.17, 15) is 0 Å². The lowest BCUT2D eigenvalue weighted by Crippen LogP contribution is -2.32. The summed E-state index contributed by atoms with van der Waals surface area (Å²) in [6.07, 6.45) is 4.27. The van der Waals surface area contributed by atoms with E-state index in [0.29, 0.717) is 5.92 Å². The van der Waals surface area contributed by atoms with Gasteiger partial charge in [-0.25, -0.2) is 4.57 Å². The number of pyridine rings is 1. The van der Waals surface area contributed by atoms with E-state index in [1.165, 1.54) is 65.8 Å². The van der Waals surface area contributed by atoms with Gasteiger partial charge < -0.3 is 4.74 Å². The summed E-state index contributed by atoms with van der Waals surface area (Å²) < 4.78 is 9.30. The van der Waals surface area contributed by atoms with Gasteiger partial charge in [-0.15, -0.1) is 0 Å². The number of benzene rings is 4. The molecule has 0 N–H and O–H groups in total. The molecule has 0 saturated heterocycles. The summed E-state index contributed by atoms with van der Waals surface area (Å²) in [5.74, 6) is 2.64. The van der Waals surface area contributed by atoms with Crippen LogP contribution in [0.25, 0.3) is 43.6 Å². The average molecular weight is 489 g/mol. The van der Waals surface area contributed by atoms with Crippen molar-refractivity contribution >= 4 is 32.3 Å². The van der Waals surface area contributed by atoms with Crippen LogP contribution in [0.4, 0.5) is 0 Å². The predicted octanol–water partition coefficient (Wildman–Crippen LogP) is 9.15. The van der Waals surface area contributed by atoms with E-state index in [2.05, 4.69) is 115 Å². The zero-order valence-electron chi connectivity index (χ0n) is 23.5. The second-order valence-corrected chi connectivity index (χ2v) is 12.7. The van der Waals surface area contributed by atoms with Gasteiger partial charge in [-0.3, -0.25) is 0 Å². The largest absolute Gasteiger partial charge is 0.455 e. The Hall–Kier alpha value is -3.39. The van der Waals surface area contributed by atoms with E-state index < -0.39 is 0 Å². The summed E-state index contributed by atoms with van der Waals surface area (Å²) in [5.41, 5.74) is 8.00. The molecular weight excluding hydrogens is 450 g/mol. The number of hydrogen-bond acceptors (Lipinski definition) is 1. The summed E-state index contributed by atoms with van der Waals surface area (Å²) in [6.45, 7) is 16.1. The molecule has 188 valence electrons. The zero-order valence-corrected chi connectivity index (χ0v) is 23.5. The van der Waals surface area contributed by atoms with Crippen LogP contribution in [0.1, 0.15) is 56.9 Å². The van der Waals surface area contributed by atoms with Crippen molar-refractivity contribution in [3.63, 3.8) is 0 Å². The van der Waals surface area contributed by atoms with E-state index in [0.717, 1.165) is 24.3 Å². The first-order valence-corrected chi connectivity index (χ1v) is 13.6. The van der Waals surface area contributed by atoms with Gasteiger partial charge in [-0.1, -0.05) is 71.0 Å². The van der Waals surface area contributed by atoms with Crippen molar-refractivity contribution in [3.8, 4) is 22.8 Å². The normalized spacial score (nSPS) is 13.0. The third-order valence-electron chi connectivity index (χ3n) is 7.92. The smallest absolute Gasteiger partial charge is 0.228 e. The summed E-state index contributed by atoms with van der Waals surface area (Å²) >= 11 is 0. The van der Waals surface area contributed by atoms with Crippen molar-refractivity contribution in [2.75, 3.05) is 0 Å². The number of ether oxygens (including phenoxy) is 1. The second kappa shape index (κ2) is 8.31. The van der Waals surface area contributed by atoms with E-state index in [4.69, 9.17) is 4.74 Å².